The molecule has 1 aliphatic carbocycles. The van der Waals surface area contributed by atoms with Gasteiger partial charge in [-0.05, 0) is 59.4 Å². The number of nitrogens with zero attached hydrogens (tertiary/aromatic N) is 1. The topological polar surface area (TPSA) is 80.8 Å². The third kappa shape index (κ3) is 3.69. The van der Waals surface area contributed by atoms with E-state index < -0.39 is 16.0 Å². The highest BCUT2D eigenvalue weighted by Gasteiger charge is 2.29. The molecule has 5 rings (SSSR count). The summed E-state index contributed by atoms with van der Waals surface area (Å²) in [5, 5.41) is 0. The van der Waals surface area contributed by atoms with E-state index in [1.165, 1.54) is 21.5 Å². The molecule has 0 atom stereocenters. The monoisotopic (exact) mass is 447 g/mol. The maximum Gasteiger partial charge on any atom is 0.338 e. The normalized spacial score (nSPS) is 15.8. The van der Waals surface area contributed by atoms with Crippen molar-refractivity contribution in [3.8, 4) is 11.1 Å². The molecule has 0 bridgehead atoms. The molecule has 0 radical (unpaired) electrons. The van der Waals surface area contributed by atoms with Crippen molar-refractivity contribution in [1.82, 2.24) is 0 Å². The number of rotatable bonds is 5. The first-order chi connectivity index (χ1) is 15.4. The summed E-state index contributed by atoms with van der Waals surface area (Å²) in [5.41, 5.74) is 5.71. The Morgan fingerprint density at radius 2 is 1.69 bits per heavy atom. The molecule has 2 aliphatic rings. The summed E-state index contributed by atoms with van der Waals surface area (Å²) in [6, 6.07) is 20.0. The maximum atomic E-state index is 12.7. The van der Waals surface area contributed by atoms with E-state index in [9.17, 15) is 18.0 Å². The van der Waals surface area contributed by atoms with Gasteiger partial charge in [0.15, 0.2) is 12.4 Å². The lowest BCUT2D eigenvalue weighted by Crippen LogP contribution is -2.25. The molecule has 1 saturated heterocycles. The first-order valence-corrected chi connectivity index (χ1v) is 12.1. The minimum atomic E-state index is -3.34. The minimum absolute atomic E-state index is 0.0986. The van der Waals surface area contributed by atoms with Gasteiger partial charge in [-0.15, -0.1) is 0 Å². The van der Waals surface area contributed by atoms with Crippen molar-refractivity contribution in [3.63, 3.8) is 0 Å². The number of carbonyl (C=O) groups excluding carboxylic acids is 2. The van der Waals surface area contributed by atoms with Gasteiger partial charge in [-0.1, -0.05) is 42.5 Å². The summed E-state index contributed by atoms with van der Waals surface area (Å²) >= 11 is 0. The highest BCUT2D eigenvalue weighted by molar-refractivity contribution is 7.93. The van der Waals surface area contributed by atoms with Crippen LogP contribution in [0.1, 0.15) is 38.3 Å². The first-order valence-electron chi connectivity index (χ1n) is 10.4. The molecular weight excluding hydrogens is 426 g/mol. The molecule has 1 heterocycles. The van der Waals surface area contributed by atoms with Crippen LogP contribution in [0.3, 0.4) is 0 Å². The van der Waals surface area contributed by atoms with Crippen LogP contribution in [0.25, 0.3) is 11.1 Å². The Morgan fingerprint density at radius 1 is 0.875 bits per heavy atom. The van der Waals surface area contributed by atoms with E-state index in [1.54, 1.807) is 24.3 Å². The lowest BCUT2D eigenvalue weighted by Gasteiger charge is -2.17. The van der Waals surface area contributed by atoms with Crippen LogP contribution in [-0.4, -0.2) is 39.1 Å². The van der Waals surface area contributed by atoms with E-state index in [0.29, 0.717) is 24.2 Å². The van der Waals surface area contributed by atoms with Gasteiger partial charge >= 0.3 is 5.97 Å². The molecule has 162 valence electrons. The Balaban J connectivity index is 1.29. The Hall–Kier alpha value is -3.45. The summed E-state index contributed by atoms with van der Waals surface area (Å²) < 4.78 is 30.8. The third-order valence-electron chi connectivity index (χ3n) is 5.92. The van der Waals surface area contributed by atoms with Gasteiger partial charge in [0.1, 0.15) is 0 Å². The number of fused-ring (bicyclic) bond motifs is 3. The van der Waals surface area contributed by atoms with E-state index in [-0.39, 0.29) is 23.7 Å². The van der Waals surface area contributed by atoms with E-state index in [2.05, 4.69) is 6.07 Å². The van der Waals surface area contributed by atoms with Crippen LogP contribution in [0.4, 0.5) is 5.69 Å². The van der Waals surface area contributed by atoms with Gasteiger partial charge in [0.05, 0.1) is 17.0 Å². The van der Waals surface area contributed by atoms with Crippen LogP contribution in [0.2, 0.25) is 0 Å². The first kappa shape index (κ1) is 20.5. The van der Waals surface area contributed by atoms with Crippen LogP contribution >= 0.6 is 0 Å². The van der Waals surface area contributed by atoms with Gasteiger partial charge < -0.3 is 4.74 Å². The molecule has 6 nitrogen and oxygen atoms in total. The van der Waals surface area contributed by atoms with Gasteiger partial charge in [-0.2, -0.15) is 0 Å². The standard InChI is InChI=1S/C25H21NO5S/c27-24(19-10-9-18-13-17-5-1-2-8-22(17)23(18)15-19)16-31-25(28)20-6-3-7-21(14-20)26-11-4-12-32(26,29)30/h1-3,5-10,14-15H,4,11-13,16H2. The van der Waals surface area contributed by atoms with E-state index in [4.69, 9.17) is 4.74 Å². The summed E-state index contributed by atoms with van der Waals surface area (Å²) in [6.07, 6.45) is 1.40. The largest absolute Gasteiger partial charge is 0.454 e. The van der Waals surface area contributed by atoms with Gasteiger partial charge in [0.2, 0.25) is 10.0 Å². The van der Waals surface area contributed by atoms with Crippen LogP contribution in [0, 0.1) is 0 Å². The molecule has 0 spiro atoms. The van der Waals surface area contributed by atoms with Crippen molar-refractivity contribution >= 4 is 27.5 Å². The molecule has 3 aromatic rings. The smallest absolute Gasteiger partial charge is 0.338 e. The van der Waals surface area contributed by atoms with Crippen molar-refractivity contribution in [3.05, 3.63) is 89.0 Å². The molecule has 32 heavy (non-hydrogen) atoms. The van der Waals surface area contributed by atoms with Crippen molar-refractivity contribution in [2.75, 3.05) is 23.2 Å². The molecule has 0 amide bonds. The van der Waals surface area contributed by atoms with Crippen molar-refractivity contribution in [1.29, 1.82) is 0 Å². The Morgan fingerprint density at radius 3 is 2.50 bits per heavy atom. The summed E-state index contributed by atoms with van der Waals surface area (Å²) in [6.45, 7) is 0.00623. The number of hydrogen-bond donors (Lipinski definition) is 0. The molecule has 0 N–H and O–H groups in total. The van der Waals surface area contributed by atoms with Crippen molar-refractivity contribution in [2.24, 2.45) is 0 Å². The lowest BCUT2D eigenvalue weighted by molar-refractivity contribution is 0.0475. The number of sulfonamides is 1. The number of ketones is 1. The Labute approximate surface area is 186 Å². The number of carbonyl (C=O) groups is 2. The van der Waals surface area contributed by atoms with E-state index in [0.717, 1.165) is 17.5 Å². The van der Waals surface area contributed by atoms with E-state index >= 15 is 0 Å². The van der Waals surface area contributed by atoms with Crippen LogP contribution in [0.5, 0.6) is 0 Å². The minimum Gasteiger partial charge on any atom is -0.454 e. The van der Waals surface area contributed by atoms with Crippen molar-refractivity contribution in [2.45, 2.75) is 12.8 Å². The lowest BCUT2D eigenvalue weighted by atomic mass is 10.0. The molecular formula is C25H21NO5S. The van der Waals surface area contributed by atoms with Gasteiger partial charge in [-0.25, -0.2) is 13.2 Å². The number of benzene rings is 3. The summed E-state index contributed by atoms with van der Waals surface area (Å²) in [4.78, 5) is 25.2. The number of hydrogen-bond acceptors (Lipinski definition) is 5. The van der Waals surface area contributed by atoms with Crippen molar-refractivity contribution < 1.29 is 22.7 Å². The Bertz CT molecular complexity index is 1350. The number of anilines is 1. The third-order valence-corrected chi connectivity index (χ3v) is 7.79. The quantitative estimate of drug-likeness (QED) is 0.343. The maximum absolute atomic E-state index is 12.7. The fourth-order valence-electron chi connectivity index (χ4n) is 4.31. The van der Waals surface area contributed by atoms with Crippen LogP contribution in [0.15, 0.2) is 66.7 Å². The molecule has 7 heteroatoms. The summed E-state index contributed by atoms with van der Waals surface area (Å²) in [5.74, 6) is -0.853. The van der Waals surface area contributed by atoms with E-state index in [1.807, 2.05) is 30.3 Å². The predicted molar refractivity (Wildman–Crippen MR) is 121 cm³/mol. The number of ether oxygens (including phenoxy) is 1. The molecule has 1 fully saturated rings. The second kappa shape index (κ2) is 7.91. The fourth-order valence-corrected chi connectivity index (χ4v) is 5.87. The summed E-state index contributed by atoms with van der Waals surface area (Å²) in [7, 11) is -3.34. The van der Waals surface area contributed by atoms with Gasteiger partial charge in [0.25, 0.3) is 0 Å². The molecule has 1 aliphatic heterocycles. The zero-order valence-electron chi connectivity index (χ0n) is 17.3. The molecule has 3 aromatic carbocycles. The number of Topliss-reactive ketones (excluding diaryl/α,β-unsaturated/α-hetero) is 1. The molecule has 0 unspecified atom stereocenters. The highest BCUT2D eigenvalue weighted by atomic mass is 32.2. The Kier molecular flexibility index (Phi) is 5.06. The molecule has 0 aromatic heterocycles. The van der Waals surface area contributed by atoms with Crippen LogP contribution < -0.4 is 4.31 Å². The van der Waals surface area contributed by atoms with Gasteiger partial charge in [0, 0.05) is 12.1 Å². The average molecular weight is 448 g/mol. The zero-order valence-corrected chi connectivity index (χ0v) is 18.1. The SMILES string of the molecule is O=C(COC(=O)c1cccc(N2CCCS2(=O)=O)c1)c1ccc2c(c1)-c1ccccc1C2. The zero-order chi connectivity index (χ0) is 22.3. The number of esters is 1. The highest BCUT2D eigenvalue weighted by Crippen LogP contribution is 2.36. The second-order valence-corrected chi connectivity index (χ2v) is 10.0. The molecule has 0 saturated carbocycles. The second-order valence-electron chi connectivity index (χ2n) is 8.00. The van der Waals surface area contributed by atoms with Crippen LogP contribution in [-0.2, 0) is 21.2 Å². The predicted octanol–water partition coefficient (Wildman–Crippen LogP) is 3.84. The average Bonchev–Trinajstić information content (AvgIpc) is 3.35. The fraction of sp³-hybridized carbons (Fsp3) is 0.200. The van der Waals surface area contributed by atoms with Gasteiger partial charge in [-0.3, -0.25) is 9.10 Å².